The van der Waals surface area contributed by atoms with Gasteiger partial charge in [0.05, 0.1) is 10.0 Å². The molecule has 16 heavy (non-hydrogen) atoms. The predicted molar refractivity (Wildman–Crippen MR) is 66.5 cm³/mol. The van der Waals surface area contributed by atoms with Crippen LogP contribution in [0.1, 0.15) is 6.92 Å². The lowest BCUT2D eigenvalue weighted by Crippen LogP contribution is -2.25. The largest absolute Gasteiger partial charge is 0.242 e. The first-order chi connectivity index (χ1) is 7.34. The number of benzene rings is 1. The van der Waals surface area contributed by atoms with Crippen LogP contribution < -0.4 is 4.72 Å². The van der Waals surface area contributed by atoms with Crippen LogP contribution in [0, 0.1) is 0 Å². The van der Waals surface area contributed by atoms with Crippen molar-refractivity contribution in [1.29, 1.82) is 0 Å². The van der Waals surface area contributed by atoms with Crippen LogP contribution in [0.15, 0.2) is 35.2 Å². The Kier molecular flexibility index (Phi) is 4.38. The monoisotopic (exact) mass is 279 g/mol. The second-order valence-electron chi connectivity index (χ2n) is 3.33. The molecule has 1 N–H and O–H groups in total. The summed E-state index contributed by atoms with van der Waals surface area (Å²) in [6.45, 7) is 5.50. The predicted octanol–water partition coefficient (Wildman–Crippen LogP) is 2.85. The molecule has 0 atom stereocenters. The summed E-state index contributed by atoms with van der Waals surface area (Å²) in [5, 5.41) is 0.234. The van der Waals surface area contributed by atoms with Crippen molar-refractivity contribution < 1.29 is 8.42 Å². The zero-order valence-corrected chi connectivity index (χ0v) is 11.0. The van der Waals surface area contributed by atoms with E-state index in [1.807, 2.05) is 0 Å². The van der Waals surface area contributed by atoms with Crippen LogP contribution in [0.25, 0.3) is 0 Å². The van der Waals surface area contributed by atoms with E-state index in [1.54, 1.807) is 6.92 Å². The van der Waals surface area contributed by atoms with E-state index < -0.39 is 10.0 Å². The van der Waals surface area contributed by atoms with Crippen molar-refractivity contribution >= 4 is 33.2 Å². The summed E-state index contributed by atoms with van der Waals surface area (Å²) >= 11 is 11.6. The third-order valence-electron chi connectivity index (χ3n) is 1.77. The van der Waals surface area contributed by atoms with Gasteiger partial charge in [-0.05, 0) is 19.1 Å². The first-order valence-electron chi connectivity index (χ1n) is 4.42. The van der Waals surface area contributed by atoms with Crippen LogP contribution in [0.2, 0.25) is 10.0 Å². The second kappa shape index (κ2) is 5.19. The van der Waals surface area contributed by atoms with Gasteiger partial charge in [0.25, 0.3) is 0 Å². The smallest absolute Gasteiger partial charge is 0.207 e. The summed E-state index contributed by atoms with van der Waals surface area (Å²) in [5.74, 6) is 0. The second-order valence-corrected chi connectivity index (χ2v) is 5.85. The molecule has 0 unspecified atom stereocenters. The number of nitrogens with one attached hydrogen (secondary N) is 1. The fourth-order valence-electron chi connectivity index (χ4n) is 0.988. The Bertz CT molecular complexity index is 512. The Balaban J connectivity index is 3.08. The minimum absolute atomic E-state index is 0.0251. The molecule has 0 spiro atoms. The average molecular weight is 280 g/mol. The SMILES string of the molecule is C=C(C)CNS(=O)(=O)c1cccc(Cl)c1Cl. The zero-order chi connectivity index (χ0) is 12.3. The Morgan fingerprint density at radius 3 is 2.62 bits per heavy atom. The molecule has 0 radical (unpaired) electrons. The first kappa shape index (κ1) is 13.5. The van der Waals surface area contributed by atoms with Crippen molar-refractivity contribution in [3.05, 3.63) is 40.4 Å². The molecule has 0 heterocycles. The molecule has 0 aliphatic rings. The van der Waals surface area contributed by atoms with Crippen LogP contribution in [-0.4, -0.2) is 15.0 Å². The third-order valence-corrected chi connectivity index (χ3v) is 4.14. The Morgan fingerprint density at radius 1 is 1.44 bits per heavy atom. The Labute approximate surface area is 105 Å². The summed E-state index contributed by atoms with van der Waals surface area (Å²) in [6, 6.07) is 4.46. The highest BCUT2D eigenvalue weighted by Crippen LogP contribution is 2.28. The maximum absolute atomic E-state index is 11.8. The van der Waals surface area contributed by atoms with Crippen molar-refractivity contribution in [2.45, 2.75) is 11.8 Å². The van der Waals surface area contributed by atoms with Gasteiger partial charge in [-0.1, -0.05) is 41.4 Å². The maximum atomic E-state index is 11.8. The molecular weight excluding hydrogens is 269 g/mol. The number of sulfonamides is 1. The van der Waals surface area contributed by atoms with E-state index in [9.17, 15) is 8.42 Å². The van der Waals surface area contributed by atoms with Crippen molar-refractivity contribution in [3.8, 4) is 0 Å². The lowest BCUT2D eigenvalue weighted by Gasteiger charge is -2.08. The molecule has 0 aromatic heterocycles. The average Bonchev–Trinajstić information content (AvgIpc) is 2.19. The summed E-state index contributed by atoms with van der Waals surface area (Å²) in [6.07, 6.45) is 0. The van der Waals surface area contributed by atoms with Crippen LogP contribution >= 0.6 is 23.2 Å². The van der Waals surface area contributed by atoms with Gasteiger partial charge < -0.3 is 0 Å². The molecule has 6 heteroatoms. The topological polar surface area (TPSA) is 46.2 Å². The van der Waals surface area contributed by atoms with Gasteiger partial charge >= 0.3 is 0 Å². The van der Waals surface area contributed by atoms with Gasteiger partial charge in [0.1, 0.15) is 4.90 Å². The Hall–Kier alpha value is -0.550. The molecule has 0 saturated heterocycles. The van der Waals surface area contributed by atoms with Crippen LogP contribution in [-0.2, 0) is 10.0 Å². The number of hydrogen-bond donors (Lipinski definition) is 1. The lowest BCUT2D eigenvalue weighted by atomic mass is 10.4. The molecule has 0 fully saturated rings. The van der Waals surface area contributed by atoms with E-state index in [2.05, 4.69) is 11.3 Å². The quantitative estimate of drug-likeness (QED) is 0.862. The molecule has 0 aliphatic heterocycles. The third kappa shape index (κ3) is 3.22. The summed E-state index contributed by atoms with van der Waals surface area (Å²) < 4.78 is 26.0. The number of halogens is 2. The zero-order valence-electron chi connectivity index (χ0n) is 8.63. The highest BCUT2D eigenvalue weighted by Gasteiger charge is 2.18. The minimum Gasteiger partial charge on any atom is -0.207 e. The van der Waals surface area contributed by atoms with Gasteiger partial charge in [-0.25, -0.2) is 13.1 Å². The normalized spacial score (nSPS) is 11.4. The summed E-state index contributed by atoms with van der Waals surface area (Å²) in [7, 11) is -3.64. The minimum atomic E-state index is -3.64. The first-order valence-corrected chi connectivity index (χ1v) is 6.66. The highest BCUT2D eigenvalue weighted by molar-refractivity contribution is 7.89. The molecule has 0 saturated carbocycles. The van der Waals surface area contributed by atoms with Crippen molar-refractivity contribution in [3.63, 3.8) is 0 Å². The van der Waals surface area contributed by atoms with Gasteiger partial charge in [0, 0.05) is 6.54 Å². The molecule has 1 aromatic rings. The molecule has 88 valence electrons. The molecule has 3 nitrogen and oxygen atoms in total. The molecule has 0 bridgehead atoms. The van der Waals surface area contributed by atoms with E-state index in [-0.39, 0.29) is 21.5 Å². The molecular formula is C10H11Cl2NO2S. The van der Waals surface area contributed by atoms with Gasteiger partial charge in [0.15, 0.2) is 0 Å². The van der Waals surface area contributed by atoms with E-state index in [1.165, 1.54) is 18.2 Å². The van der Waals surface area contributed by atoms with E-state index >= 15 is 0 Å². The molecule has 1 aromatic carbocycles. The van der Waals surface area contributed by atoms with Crippen LogP contribution in [0.5, 0.6) is 0 Å². The highest BCUT2D eigenvalue weighted by atomic mass is 35.5. The standard InChI is InChI=1S/C10H11Cl2NO2S/c1-7(2)6-13-16(14,15)9-5-3-4-8(11)10(9)12/h3-5,13H,1,6H2,2H3. The van der Waals surface area contributed by atoms with Crippen molar-refractivity contribution in [2.75, 3.05) is 6.54 Å². The number of rotatable bonds is 4. The lowest BCUT2D eigenvalue weighted by molar-refractivity contribution is 0.585. The van der Waals surface area contributed by atoms with Crippen LogP contribution in [0.3, 0.4) is 0 Å². The van der Waals surface area contributed by atoms with E-state index in [0.29, 0.717) is 5.57 Å². The van der Waals surface area contributed by atoms with Gasteiger partial charge in [-0.3, -0.25) is 0 Å². The van der Waals surface area contributed by atoms with Crippen molar-refractivity contribution in [1.82, 2.24) is 4.72 Å². The summed E-state index contributed by atoms with van der Waals surface area (Å²) in [4.78, 5) is -0.0251. The van der Waals surface area contributed by atoms with Crippen molar-refractivity contribution in [2.24, 2.45) is 0 Å². The van der Waals surface area contributed by atoms with E-state index in [0.717, 1.165) is 0 Å². The van der Waals surface area contributed by atoms with Gasteiger partial charge in [-0.2, -0.15) is 0 Å². The fourth-order valence-corrected chi connectivity index (χ4v) is 2.84. The molecule has 0 aliphatic carbocycles. The summed E-state index contributed by atoms with van der Waals surface area (Å²) in [5.41, 5.74) is 0.710. The molecule has 1 rings (SSSR count). The van der Waals surface area contributed by atoms with Gasteiger partial charge in [-0.15, -0.1) is 0 Å². The maximum Gasteiger partial charge on any atom is 0.242 e. The van der Waals surface area contributed by atoms with E-state index in [4.69, 9.17) is 23.2 Å². The number of hydrogen-bond acceptors (Lipinski definition) is 2. The Morgan fingerprint density at radius 2 is 2.06 bits per heavy atom. The molecule has 0 amide bonds. The van der Waals surface area contributed by atoms with Crippen LogP contribution in [0.4, 0.5) is 0 Å². The fraction of sp³-hybridized carbons (Fsp3) is 0.200. The van der Waals surface area contributed by atoms with Gasteiger partial charge in [0.2, 0.25) is 10.0 Å².